The van der Waals surface area contributed by atoms with E-state index in [1.54, 1.807) is 24.3 Å². The van der Waals surface area contributed by atoms with Gasteiger partial charge in [0.05, 0.1) is 17.7 Å². The predicted octanol–water partition coefficient (Wildman–Crippen LogP) is 2.88. The van der Waals surface area contributed by atoms with E-state index in [0.717, 1.165) is 0 Å². The highest BCUT2D eigenvalue weighted by Gasteiger charge is 2.18. The third kappa shape index (κ3) is 3.09. The SMILES string of the molecule is COc1ccccc1-n1c(N)cc(-c2ccc([N+](=O)[O-])cc2)c(C#N)c1=O. The van der Waals surface area contributed by atoms with E-state index in [1.807, 2.05) is 6.07 Å². The Bertz CT molecular complexity index is 1130. The maximum Gasteiger partial charge on any atom is 0.275 e. The van der Waals surface area contributed by atoms with Gasteiger partial charge in [0, 0.05) is 17.7 Å². The average molecular weight is 362 g/mol. The van der Waals surface area contributed by atoms with Gasteiger partial charge in [-0.05, 0) is 35.9 Å². The zero-order chi connectivity index (χ0) is 19.6. The number of methoxy groups -OCH3 is 1. The molecule has 0 saturated carbocycles. The van der Waals surface area contributed by atoms with Gasteiger partial charge < -0.3 is 10.5 Å². The Kier molecular flexibility index (Phi) is 4.60. The molecule has 0 aliphatic rings. The van der Waals surface area contributed by atoms with E-state index in [-0.39, 0.29) is 17.1 Å². The van der Waals surface area contributed by atoms with Crippen LogP contribution in [-0.4, -0.2) is 16.6 Å². The number of pyridine rings is 1. The van der Waals surface area contributed by atoms with Gasteiger partial charge in [-0.3, -0.25) is 19.5 Å². The molecule has 0 spiro atoms. The summed E-state index contributed by atoms with van der Waals surface area (Å²) in [6, 6.07) is 15.8. The summed E-state index contributed by atoms with van der Waals surface area (Å²) in [6.45, 7) is 0. The Balaban J connectivity index is 2.24. The van der Waals surface area contributed by atoms with E-state index >= 15 is 0 Å². The van der Waals surface area contributed by atoms with Gasteiger partial charge in [-0.1, -0.05) is 12.1 Å². The van der Waals surface area contributed by atoms with E-state index in [0.29, 0.717) is 22.6 Å². The average Bonchev–Trinajstić information content (AvgIpc) is 2.68. The first-order valence-corrected chi connectivity index (χ1v) is 7.81. The Morgan fingerprint density at radius 3 is 2.44 bits per heavy atom. The van der Waals surface area contributed by atoms with E-state index in [1.165, 1.54) is 42.0 Å². The van der Waals surface area contributed by atoms with E-state index in [9.17, 15) is 20.2 Å². The third-order valence-corrected chi connectivity index (χ3v) is 4.06. The van der Waals surface area contributed by atoms with Crippen molar-refractivity contribution in [1.82, 2.24) is 4.57 Å². The van der Waals surface area contributed by atoms with Crippen molar-refractivity contribution in [1.29, 1.82) is 5.26 Å². The zero-order valence-corrected chi connectivity index (χ0v) is 14.2. The molecule has 8 nitrogen and oxygen atoms in total. The monoisotopic (exact) mass is 362 g/mol. The number of ether oxygens (including phenoxy) is 1. The molecule has 0 bridgehead atoms. The fourth-order valence-corrected chi connectivity index (χ4v) is 2.79. The van der Waals surface area contributed by atoms with Gasteiger partial charge in [0.25, 0.3) is 11.2 Å². The van der Waals surface area contributed by atoms with Gasteiger partial charge in [-0.15, -0.1) is 0 Å². The van der Waals surface area contributed by atoms with Crippen LogP contribution in [0.15, 0.2) is 59.4 Å². The minimum Gasteiger partial charge on any atom is -0.495 e. The van der Waals surface area contributed by atoms with Crippen LogP contribution in [0.2, 0.25) is 0 Å². The summed E-state index contributed by atoms with van der Waals surface area (Å²) >= 11 is 0. The van der Waals surface area contributed by atoms with Crippen molar-refractivity contribution in [3.05, 3.63) is 80.6 Å². The molecule has 0 atom stereocenters. The van der Waals surface area contributed by atoms with Crippen LogP contribution in [-0.2, 0) is 0 Å². The third-order valence-electron chi connectivity index (χ3n) is 4.06. The molecule has 3 rings (SSSR count). The normalized spacial score (nSPS) is 10.2. The van der Waals surface area contributed by atoms with E-state index < -0.39 is 10.5 Å². The molecule has 0 amide bonds. The molecular formula is C19H14N4O4. The molecule has 0 fully saturated rings. The van der Waals surface area contributed by atoms with Crippen LogP contribution in [0.4, 0.5) is 11.5 Å². The fourth-order valence-electron chi connectivity index (χ4n) is 2.79. The Labute approximate surface area is 153 Å². The second kappa shape index (κ2) is 7.01. The summed E-state index contributed by atoms with van der Waals surface area (Å²) in [4.78, 5) is 23.2. The van der Waals surface area contributed by atoms with Crippen molar-refractivity contribution in [3.63, 3.8) is 0 Å². The molecule has 2 N–H and O–H groups in total. The zero-order valence-electron chi connectivity index (χ0n) is 14.2. The van der Waals surface area contributed by atoms with Crippen LogP contribution < -0.4 is 16.0 Å². The molecular weight excluding hydrogens is 348 g/mol. The maximum absolute atomic E-state index is 13.0. The van der Waals surface area contributed by atoms with Crippen LogP contribution in [0.3, 0.4) is 0 Å². The first-order valence-electron chi connectivity index (χ1n) is 7.81. The topological polar surface area (TPSA) is 124 Å². The van der Waals surface area contributed by atoms with E-state index in [2.05, 4.69) is 0 Å². The predicted molar refractivity (Wildman–Crippen MR) is 99.8 cm³/mol. The van der Waals surface area contributed by atoms with Crippen molar-refractivity contribution in [2.24, 2.45) is 0 Å². The molecule has 0 saturated heterocycles. The molecule has 2 aromatic carbocycles. The Hall–Kier alpha value is -4.12. The summed E-state index contributed by atoms with van der Waals surface area (Å²) in [6.07, 6.45) is 0. The largest absolute Gasteiger partial charge is 0.495 e. The number of aromatic nitrogens is 1. The van der Waals surface area contributed by atoms with Crippen LogP contribution in [0.25, 0.3) is 16.8 Å². The molecule has 0 radical (unpaired) electrons. The summed E-state index contributed by atoms with van der Waals surface area (Å²) in [5.74, 6) is 0.537. The maximum atomic E-state index is 13.0. The number of nitrogens with zero attached hydrogens (tertiary/aromatic N) is 3. The molecule has 0 aliphatic heterocycles. The number of nitro benzene ring substituents is 1. The molecule has 134 valence electrons. The number of nitrogens with two attached hydrogens (primary N) is 1. The number of nitriles is 1. The molecule has 1 aromatic heterocycles. The van der Waals surface area contributed by atoms with Gasteiger partial charge >= 0.3 is 0 Å². The number of benzene rings is 2. The summed E-state index contributed by atoms with van der Waals surface area (Å²) in [5.41, 5.74) is 6.49. The Morgan fingerprint density at radius 2 is 1.85 bits per heavy atom. The van der Waals surface area contributed by atoms with E-state index in [4.69, 9.17) is 10.5 Å². The van der Waals surface area contributed by atoms with Gasteiger partial charge in [0.2, 0.25) is 0 Å². The minimum absolute atomic E-state index is 0.0902. The first kappa shape index (κ1) is 17.7. The van der Waals surface area contributed by atoms with Crippen molar-refractivity contribution in [2.45, 2.75) is 0 Å². The molecule has 1 heterocycles. The van der Waals surface area contributed by atoms with Crippen molar-refractivity contribution in [3.8, 4) is 28.6 Å². The number of para-hydroxylation sites is 2. The van der Waals surface area contributed by atoms with Crippen molar-refractivity contribution in [2.75, 3.05) is 12.8 Å². The highest BCUT2D eigenvalue weighted by atomic mass is 16.6. The highest BCUT2D eigenvalue weighted by Crippen LogP contribution is 2.29. The van der Waals surface area contributed by atoms with Gasteiger partial charge in [-0.25, -0.2) is 0 Å². The quantitative estimate of drug-likeness (QED) is 0.562. The number of nitrogen functional groups attached to an aromatic ring is 1. The van der Waals surface area contributed by atoms with Gasteiger partial charge in [0.1, 0.15) is 23.2 Å². The summed E-state index contributed by atoms with van der Waals surface area (Å²) in [5, 5.41) is 20.4. The van der Waals surface area contributed by atoms with Gasteiger partial charge in [0.15, 0.2) is 0 Å². The van der Waals surface area contributed by atoms with Crippen LogP contribution in [0, 0.1) is 21.4 Å². The smallest absolute Gasteiger partial charge is 0.275 e. The summed E-state index contributed by atoms with van der Waals surface area (Å²) < 4.78 is 6.47. The number of hydrogen-bond acceptors (Lipinski definition) is 6. The van der Waals surface area contributed by atoms with Crippen molar-refractivity contribution >= 4 is 11.5 Å². The van der Waals surface area contributed by atoms with Crippen LogP contribution >= 0.6 is 0 Å². The Morgan fingerprint density at radius 1 is 1.19 bits per heavy atom. The van der Waals surface area contributed by atoms with Crippen molar-refractivity contribution < 1.29 is 9.66 Å². The fraction of sp³-hybridized carbons (Fsp3) is 0.0526. The number of non-ortho nitro benzene ring substituents is 1. The highest BCUT2D eigenvalue weighted by molar-refractivity contribution is 5.74. The molecule has 27 heavy (non-hydrogen) atoms. The van der Waals surface area contributed by atoms with Gasteiger partial charge in [-0.2, -0.15) is 5.26 Å². The number of rotatable bonds is 4. The minimum atomic E-state index is -0.602. The lowest BCUT2D eigenvalue weighted by molar-refractivity contribution is -0.384. The van der Waals surface area contributed by atoms with Crippen LogP contribution in [0.1, 0.15) is 5.56 Å². The number of nitro groups is 1. The lowest BCUT2D eigenvalue weighted by atomic mass is 10.0. The number of hydrogen-bond donors (Lipinski definition) is 1. The molecule has 8 heteroatoms. The lowest BCUT2D eigenvalue weighted by Crippen LogP contribution is -2.25. The standard InChI is InChI=1S/C19H14N4O4/c1-27-17-5-3-2-4-16(17)22-18(21)10-14(15(11-20)19(22)24)12-6-8-13(9-7-12)23(25)26/h2-10H,21H2,1H3. The molecule has 0 unspecified atom stereocenters. The number of anilines is 1. The molecule has 0 aliphatic carbocycles. The van der Waals surface area contributed by atoms with Crippen LogP contribution in [0.5, 0.6) is 5.75 Å². The lowest BCUT2D eigenvalue weighted by Gasteiger charge is -2.15. The summed E-state index contributed by atoms with van der Waals surface area (Å²) in [7, 11) is 1.47. The first-order chi connectivity index (χ1) is 13.0. The second-order valence-electron chi connectivity index (χ2n) is 5.59. The molecule has 3 aromatic rings. The second-order valence-corrected chi connectivity index (χ2v) is 5.59.